The standard InChI is InChI=1S/C17H19BrN2OS/c18-16-9-8-14(22-16)11-19-15(13-5-2-1-3-6-13)12-20-10-4-7-17(20)21/h1-3,5-6,8-9,15,19H,4,7,10-12H2/t15-/m1/s1. The molecule has 0 bridgehead atoms. The number of benzene rings is 1. The average molecular weight is 379 g/mol. The van der Waals surface area contributed by atoms with Crippen LogP contribution in [0.5, 0.6) is 0 Å². The molecule has 0 unspecified atom stereocenters. The summed E-state index contributed by atoms with van der Waals surface area (Å²) in [5.74, 6) is 0.279. The molecule has 22 heavy (non-hydrogen) atoms. The van der Waals surface area contributed by atoms with Gasteiger partial charge in [0, 0.05) is 30.9 Å². The summed E-state index contributed by atoms with van der Waals surface area (Å²) in [6, 6.07) is 14.8. The van der Waals surface area contributed by atoms with Crippen molar-refractivity contribution in [3.63, 3.8) is 0 Å². The Labute approximate surface area is 143 Å². The second-order valence-electron chi connectivity index (χ2n) is 5.49. The molecule has 5 heteroatoms. The lowest BCUT2D eigenvalue weighted by atomic mass is 10.1. The molecule has 1 saturated heterocycles. The molecule has 0 saturated carbocycles. The van der Waals surface area contributed by atoms with Gasteiger partial charge in [0.1, 0.15) is 0 Å². The van der Waals surface area contributed by atoms with Crippen LogP contribution in [-0.2, 0) is 11.3 Å². The molecule has 1 aliphatic rings. The summed E-state index contributed by atoms with van der Waals surface area (Å²) < 4.78 is 1.15. The van der Waals surface area contributed by atoms with Crippen LogP contribution in [0.3, 0.4) is 0 Å². The molecule has 0 radical (unpaired) electrons. The smallest absolute Gasteiger partial charge is 0.222 e. The molecule has 1 N–H and O–H groups in total. The summed E-state index contributed by atoms with van der Waals surface area (Å²) in [4.78, 5) is 15.2. The highest BCUT2D eigenvalue weighted by Crippen LogP contribution is 2.24. The Morgan fingerprint density at radius 1 is 1.23 bits per heavy atom. The van der Waals surface area contributed by atoms with E-state index >= 15 is 0 Å². The van der Waals surface area contributed by atoms with Crippen molar-refractivity contribution < 1.29 is 4.79 Å². The third-order valence-electron chi connectivity index (χ3n) is 3.93. The third-order valence-corrected chi connectivity index (χ3v) is 5.55. The molecule has 3 nitrogen and oxygen atoms in total. The maximum Gasteiger partial charge on any atom is 0.222 e. The zero-order valence-corrected chi connectivity index (χ0v) is 14.7. The Balaban J connectivity index is 1.69. The van der Waals surface area contributed by atoms with Crippen LogP contribution in [0.25, 0.3) is 0 Å². The fourth-order valence-corrected chi connectivity index (χ4v) is 4.20. The quantitative estimate of drug-likeness (QED) is 0.824. The van der Waals surface area contributed by atoms with Crippen molar-refractivity contribution in [1.82, 2.24) is 10.2 Å². The number of hydrogen-bond acceptors (Lipinski definition) is 3. The van der Waals surface area contributed by atoms with Gasteiger partial charge in [-0.25, -0.2) is 0 Å². The molecule has 1 aromatic carbocycles. The van der Waals surface area contributed by atoms with E-state index in [4.69, 9.17) is 0 Å². The largest absolute Gasteiger partial charge is 0.341 e. The van der Waals surface area contributed by atoms with Crippen LogP contribution in [0.15, 0.2) is 46.3 Å². The molecule has 1 fully saturated rings. The van der Waals surface area contributed by atoms with Crippen LogP contribution < -0.4 is 5.32 Å². The number of halogens is 1. The Bertz CT molecular complexity index is 629. The maximum absolute atomic E-state index is 11.9. The molecular formula is C17H19BrN2OS. The summed E-state index contributed by atoms with van der Waals surface area (Å²) in [7, 11) is 0. The molecule has 2 aromatic rings. The average Bonchev–Trinajstić information content (AvgIpc) is 3.13. The minimum absolute atomic E-state index is 0.170. The second-order valence-corrected chi connectivity index (χ2v) is 8.04. The lowest BCUT2D eigenvalue weighted by Crippen LogP contribution is -2.35. The van der Waals surface area contributed by atoms with Crippen molar-refractivity contribution in [2.24, 2.45) is 0 Å². The van der Waals surface area contributed by atoms with Gasteiger partial charge in [-0.05, 0) is 40.0 Å². The molecule has 1 amide bonds. The first-order valence-electron chi connectivity index (χ1n) is 7.53. The fourth-order valence-electron chi connectivity index (χ4n) is 2.76. The minimum Gasteiger partial charge on any atom is -0.341 e. The highest BCUT2D eigenvalue weighted by atomic mass is 79.9. The highest BCUT2D eigenvalue weighted by molar-refractivity contribution is 9.11. The summed E-state index contributed by atoms with van der Waals surface area (Å²) in [6.07, 6.45) is 1.68. The molecule has 2 heterocycles. The van der Waals surface area contributed by atoms with Gasteiger partial charge in [0.05, 0.1) is 9.83 Å². The predicted octanol–water partition coefficient (Wildman–Crippen LogP) is 3.96. The van der Waals surface area contributed by atoms with E-state index in [1.165, 1.54) is 10.4 Å². The van der Waals surface area contributed by atoms with E-state index in [9.17, 15) is 4.79 Å². The SMILES string of the molecule is O=C1CCCN1C[C@@H](NCc1ccc(Br)s1)c1ccccc1. The Hall–Kier alpha value is -1.17. The number of rotatable bonds is 6. The zero-order chi connectivity index (χ0) is 15.4. The predicted molar refractivity (Wildman–Crippen MR) is 93.9 cm³/mol. The maximum atomic E-state index is 11.9. The first kappa shape index (κ1) is 15.7. The zero-order valence-electron chi connectivity index (χ0n) is 12.3. The van der Waals surface area contributed by atoms with Crippen molar-refractivity contribution >= 4 is 33.2 Å². The van der Waals surface area contributed by atoms with Gasteiger partial charge >= 0.3 is 0 Å². The van der Waals surface area contributed by atoms with Gasteiger partial charge < -0.3 is 10.2 Å². The first-order chi connectivity index (χ1) is 10.7. The summed E-state index contributed by atoms with van der Waals surface area (Å²) >= 11 is 5.24. The molecule has 0 spiro atoms. The van der Waals surface area contributed by atoms with Crippen LogP contribution in [0.4, 0.5) is 0 Å². The number of nitrogens with one attached hydrogen (secondary N) is 1. The summed E-state index contributed by atoms with van der Waals surface area (Å²) in [5, 5.41) is 3.61. The molecular weight excluding hydrogens is 360 g/mol. The Kier molecular flexibility index (Phi) is 5.28. The van der Waals surface area contributed by atoms with Crippen LogP contribution in [0, 0.1) is 0 Å². The van der Waals surface area contributed by atoms with Crippen molar-refractivity contribution in [2.75, 3.05) is 13.1 Å². The number of carbonyl (C=O) groups is 1. The van der Waals surface area contributed by atoms with Crippen LogP contribution in [-0.4, -0.2) is 23.9 Å². The van der Waals surface area contributed by atoms with Crippen molar-refractivity contribution in [1.29, 1.82) is 0 Å². The summed E-state index contributed by atoms with van der Waals surface area (Å²) in [6.45, 7) is 2.45. The number of carbonyl (C=O) groups excluding carboxylic acids is 1. The van der Waals surface area contributed by atoms with Crippen molar-refractivity contribution in [3.8, 4) is 0 Å². The second kappa shape index (κ2) is 7.40. The molecule has 1 aliphatic heterocycles. The van der Waals surface area contributed by atoms with Crippen LogP contribution in [0.2, 0.25) is 0 Å². The molecule has 1 aromatic heterocycles. The van der Waals surface area contributed by atoms with Gasteiger partial charge in [-0.2, -0.15) is 0 Å². The third kappa shape index (κ3) is 3.97. The van der Waals surface area contributed by atoms with Gasteiger partial charge in [-0.3, -0.25) is 4.79 Å². The van der Waals surface area contributed by atoms with Crippen LogP contribution in [0.1, 0.15) is 29.3 Å². The lowest BCUT2D eigenvalue weighted by Gasteiger charge is -2.25. The van der Waals surface area contributed by atoms with E-state index in [0.29, 0.717) is 6.42 Å². The van der Waals surface area contributed by atoms with Gasteiger partial charge in [-0.15, -0.1) is 11.3 Å². The molecule has 1 atom stereocenters. The normalized spacial score (nSPS) is 16.2. The van der Waals surface area contributed by atoms with Gasteiger partial charge in [-0.1, -0.05) is 30.3 Å². The van der Waals surface area contributed by atoms with E-state index < -0.39 is 0 Å². The summed E-state index contributed by atoms with van der Waals surface area (Å²) in [5.41, 5.74) is 1.23. The van der Waals surface area contributed by atoms with Gasteiger partial charge in [0.2, 0.25) is 5.91 Å². The van der Waals surface area contributed by atoms with Crippen molar-refractivity contribution in [2.45, 2.75) is 25.4 Å². The topological polar surface area (TPSA) is 32.3 Å². The fraction of sp³-hybridized carbons (Fsp3) is 0.353. The highest BCUT2D eigenvalue weighted by Gasteiger charge is 2.24. The van der Waals surface area contributed by atoms with E-state index in [1.54, 1.807) is 11.3 Å². The Morgan fingerprint density at radius 3 is 2.68 bits per heavy atom. The number of nitrogens with zero attached hydrogens (tertiary/aromatic N) is 1. The lowest BCUT2D eigenvalue weighted by molar-refractivity contribution is -0.128. The molecule has 3 rings (SSSR count). The van der Waals surface area contributed by atoms with E-state index in [2.05, 4.69) is 57.6 Å². The first-order valence-corrected chi connectivity index (χ1v) is 9.13. The van der Waals surface area contributed by atoms with E-state index in [1.807, 2.05) is 11.0 Å². The monoisotopic (exact) mass is 378 g/mol. The number of hydrogen-bond donors (Lipinski definition) is 1. The minimum atomic E-state index is 0.170. The number of thiophene rings is 1. The number of amides is 1. The van der Waals surface area contributed by atoms with Gasteiger partial charge in [0.15, 0.2) is 0 Å². The van der Waals surface area contributed by atoms with E-state index in [0.717, 1.165) is 29.8 Å². The number of likely N-dealkylation sites (tertiary alicyclic amines) is 1. The van der Waals surface area contributed by atoms with Gasteiger partial charge in [0.25, 0.3) is 0 Å². The van der Waals surface area contributed by atoms with Crippen LogP contribution >= 0.6 is 27.3 Å². The van der Waals surface area contributed by atoms with Crippen molar-refractivity contribution in [3.05, 3.63) is 56.7 Å². The molecule has 116 valence electrons. The van der Waals surface area contributed by atoms with E-state index in [-0.39, 0.29) is 11.9 Å². The molecule has 0 aliphatic carbocycles. The Morgan fingerprint density at radius 2 is 2.05 bits per heavy atom.